The fourth-order valence-corrected chi connectivity index (χ4v) is 2.13. The Morgan fingerprint density at radius 3 is 1.71 bits per heavy atom. The molecule has 0 N–H and O–H groups in total. The Labute approximate surface area is 143 Å². The van der Waals surface area contributed by atoms with Crippen LogP contribution in [0.25, 0.3) is 0 Å². The monoisotopic (exact) mass is 324 g/mol. The van der Waals surface area contributed by atoms with Crippen molar-refractivity contribution in [3.8, 4) is 0 Å². The van der Waals surface area contributed by atoms with Crippen LogP contribution in [-0.2, 0) is 9.59 Å². The van der Waals surface area contributed by atoms with Crippen molar-refractivity contribution in [1.29, 1.82) is 0 Å². The van der Waals surface area contributed by atoms with Crippen LogP contribution < -0.4 is 0 Å². The van der Waals surface area contributed by atoms with E-state index in [1.54, 1.807) is 0 Å². The Hall–Kier alpha value is -2.55. The predicted molar refractivity (Wildman–Crippen MR) is 96.1 cm³/mol. The average Bonchev–Trinajstić information content (AvgIpc) is 2.66. The molecule has 0 atom stereocenters. The van der Waals surface area contributed by atoms with Crippen LogP contribution in [0.2, 0.25) is 0 Å². The lowest BCUT2D eigenvalue weighted by molar-refractivity contribution is -0.129. The molecule has 0 aromatic heterocycles. The number of hydrogen-bond donors (Lipinski definition) is 0. The highest BCUT2D eigenvalue weighted by atomic mass is 16.2. The topological polar surface area (TPSA) is 51.2 Å². The lowest BCUT2D eigenvalue weighted by Crippen LogP contribution is -1.99. The van der Waals surface area contributed by atoms with Crippen molar-refractivity contribution in [2.45, 2.75) is 39.0 Å². The Balaban J connectivity index is 0.000000257. The van der Waals surface area contributed by atoms with E-state index < -0.39 is 0 Å². The number of ketones is 2. The summed E-state index contributed by atoms with van der Waals surface area (Å²) < 4.78 is 0. The molecule has 0 aliphatic rings. The van der Waals surface area contributed by atoms with Gasteiger partial charge < -0.3 is 0 Å². The van der Waals surface area contributed by atoms with E-state index in [0.29, 0.717) is 12.7 Å². The van der Waals surface area contributed by atoms with E-state index in [1.165, 1.54) is 0 Å². The van der Waals surface area contributed by atoms with Gasteiger partial charge in [-0.25, -0.2) is 0 Å². The first-order chi connectivity index (χ1) is 11.7. The molecule has 24 heavy (non-hydrogen) atoms. The summed E-state index contributed by atoms with van der Waals surface area (Å²) in [4.78, 5) is 32.1. The molecular formula is C21H24O3. The Bertz CT molecular complexity index is 577. The summed E-state index contributed by atoms with van der Waals surface area (Å²) in [6, 6.07) is 18.6. The fourth-order valence-electron chi connectivity index (χ4n) is 2.13. The van der Waals surface area contributed by atoms with Gasteiger partial charge in [-0.1, -0.05) is 86.8 Å². The lowest BCUT2D eigenvalue weighted by Gasteiger charge is -1.99. The van der Waals surface area contributed by atoms with Crippen molar-refractivity contribution in [3.63, 3.8) is 0 Å². The molecule has 2 aromatic rings. The largest absolute Gasteiger partial charge is 0.295 e. The number of Topliss-reactive ketones (excluding diaryl/α,β-unsaturated/α-hetero) is 1. The highest BCUT2D eigenvalue weighted by Gasteiger charge is 2.06. The van der Waals surface area contributed by atoms with Gasteiger partial charge in [-0.15, -0.1) is 0 Å². The van der Waals surface area contributed by atoms with E-state index >= 15 is 0 Å². The van der Waals surface area contributed by atoms with Gasteiger partial charge in [0.2, 0.25) is 0 Å². The number of aldehydes is 1. The maximum absolute atomic E-state index is 11.8. The molecule has 2 aromatic carbocycles. The summed E-state index contributed by atoms with van der Waals surface area (Å²) in [7, 11) is 0. The van der Waals surface area contributed by atoms with Gasteiger partial charge >= 0.3 is 0 Å². The van der Waals surface area contributed by atoms with Crippen LogP contribution in [0.4, 0.5) is 0 Å². The van der Waals surface area contributed by atoms with E-state index in [-0.39, 0.29) is 11.6 Å². The summed E-state index contributed by atoms with van der Waals surface area (Å²) in [5, 5.41) is 0. The third kappa shape index (κ3) is 7.63. The fraction of sp³-hybridized carbons (Fsp3) is 0.286. The van der Waals surface area contributed by atoms with Gasteiger partial charge in [0.1, 0.15) is 0 Å². The maximum atomic E-state index is 11.8. The average molecular weight is 324 g/mol. The molecule has 0 aliphatic carbocycles. The maximum Gasteiger partial charge on any atom is 0.195 e. The normalized spacial score (nSPS) is 9.54. The number of rotatable bonds is 8. The molecule has 0 saturated heterocycles. The van der Waals surface area contributed by atoms with E-state index in [0.717, 1.165) is 36.8 Å². The Morgan fingerprint density at radius 1 is 0.792 bits per heavy atom. The van der Waals surface area contributed by atoms with Crippen molar-refractivity contribution in [2.75, 3.05) is 0 Å². The summed E-state index contributed by atoms with van der Waals surface area (Å²) in [5.74, 6) is -0.192. The third-order valence-electron chi connectivity index (χ3n) is 3.48. The van der Waals surface area contributed by atoms with Crippen LogP contribution in [0, 0.1) is 0 Å². The molecule has 0 bridgehead atoms. The minimum absolute atomic E-state index is 0.0752. The van der Waals surface area contributed by atoms with Gasteiger partial charge in [-0.3, -0.25) is 14.4 Å². The first-order valence-electron chi connectivity index (χ1n) is 8.31. The molecule has 0 unspecified atom stereocenters. The second kappa shape index (κ2) is 11.9. The van der Waals surface area contributed by atoms with Gasteiger partial charge in [0, 0.05) is 17.5 Å². The van der Waals surface area contributed by atoms with E-state index in [4.69, 9.17) is 0 Å². The van der Waals surface area contributed by atoms with Crippen molar-refractivity contribution < 1.29 is 14.4 Å². The molecule has 0 spiro atoms. The molecule has 0 aliphatic heterocycles. The molecule has 3 heteroatoms. The van der Waals surface area contributed by atoms with Crippen LogP contribution in [0.1, 0.15) is 54.9 Å². The molecule has 0 radical (unpaired) electrons. The van der Waals surface area contributed by atoms with Gasteiger partial charge in [-0.2, -0.15) is 0 Å². The zero-order chi connectivity index (χ0) is 17.6. The predicted octanol–water partition coefficient (Wildman–Crippen LogP) is 4.64. The number of hydrogen-bond acceptors (Lipinski definition) is 3. The second-order valence-electron chi connectivity index (χ2n) is 5.46. The Morgan fingerprint density at radius 2 is 1.29 bits per heavy atom. The lowest BCUT2D eigenvalue weighted by atomic mass is 10.0. The molecule has 3 nitrogen and oxygen atoms in total. The SMILES string of the molecule is CCCCCCC(=O)C=O.O=C(c1ccccc1)c1ccccc1. The third-order valence-corrected chi connectivity index (χ3v) is 3.48. The van der Waals surface area contributed by atoms with Crippen LogP contribution >= 0.6 is 0 Å². The highest BCUT2D eigenvalue weighted by molar-refractivity contribution is 6.24. The van der Waals surface area contributed by atoms with E-state index in [2.05, 4.69) is 6.92 Å². The first-order valence-corrected chi connectivity index (χ1v) is 8.31. The number of carbonyl (C=O) groups excluding carboxylic acids is 3. The second-order valence-corrected chi connectivity index (χ2v) is 5.46. The van der Waals surface area contributed by atoms with Gasteiger partial charge in [0.05, 0.1) is 0 Å². The van der Waals surface area contributed by atoms with Crippen LogP contribution in [0.15, 0.2) is 60.7 Å². The number of carbonyl (C=O) groups is 3. The molecular weight excluding hydrogens is 300 g/mol. The van der Waals surface area contributed by atoms with E-state index in [1.807, 2.05) is 60.7 Å². The van der Waals surface area contributed by atoms with Crippen molar-refractivity contribution in [1.82, 2.24) is 0 Å². The van der Waals surface area contributed by atoms with E-state index in [9.17, 15) is 14.4 Å². The van der Waals surface area contributed by atoms with Crippen molar-refractivity contribution in [3.05, 3.63) is 71.8 Å². The molecule has 126 valence electrons. The molecule has 0 heterocycles. The molecule has 2 rings (SSSR count). The summed E-state index contributed by atoms with van der Waals surface area (Å²) in [5.41, 5.74) is 1.47. The Kier molecular flexibility index (Phi) is 9.70. The van der Waals surface area contributed by atoms with Crippen molar-refractivity contribution >= 4 is 17.9 Å². The van der Waals surface area contributed by atoms with Gasteiger partial charge in [-0.05, 0) is 6.42 Å². The van der Waals surface area contributed by atoms with Gasteiger partial charge in [0.15, 0.2) is 17.9 Å². The molecule has 0 amide bonds. The van der Waals surface area contributed by atoms with Crippen LogP contribution in [0.5, 0.6) is 0 Å². The minimum atomic E-state index is -0.267. The van der Waals surface area contributed by atoms with Crippen LogP contribution in [-0.4, -0.2) is 17.9 Å². The molecule has 0 saturated carbocycles. The highest BCUT2D eigenvalue weighted by Crippen LogP contribution is 2.08. The number of benzene rings is 2. The zero-order valence-corrected chi connectivity index (χ0v) is 14.1. The van der Waals surface area contributed by atoms with Crippen molar-refractivity contribution in [2.24, 2.45) is 0 Å². The quantitative estimate of drug-likeness (QED) is 0.307. The standard InChI is InChI=1S/C13H10O.C8H14O2/c14-13(11-7-3-1-4-8-11)12-9-5-2-6-10-12;1-2-3-4-5-6-8(10)7-9/h1-10H;7H,2-6H2,1H3. The van der Waals surface area contributed by atoms with Crippen LogP contribution in [0.3, 0.4) is 0 Å². The minimum Gasteiger partial charge on any atom is -0.295 e. The zero-order valence-electron chi connectivity index (χ0n) is 14.1. The smallest absolute Gasteiger partial charge is 0.195 e. The summed E-state index contributed by atoms with van der Waals surface area (Å²) in [6.07, 6.45) is 5.10. The van der Waals surface area contributed by atoms with Gasteiger partial charge in [0.25, 0.3) is 0 Å². The molecule has 0 fully saturated rings. The summed E-state index contributed by atoms with van der Waals surface area (Å²) >= 11 is 0. The summed E-state index contributed by atoms with van der Waals surface area (Å²) in [6.45, 7) is 2.11. The first kappa shape index (κ1) is 19.5. The number of unbranched alkanes of at least 4 members (excludes halogenated alkanes) is 3.